The molecule has 0 bridgehead atoms. The van der Waals surface area contributed by atoms with Crippen LogP contribution in [0.1, 0.15) is 15.9 Å². The summed E-state index contributed by atoms with van der Waals surface area (Å²) in [7, 11) is 0. The molecule has 2 aromatic rings. The van der Waals surface area contributed by atoms with Crippen molar-refractivity contribution in [2.45, 2.75) is 6.61 Å². The fourth-order valence-electron chi connectivity index (χ4n) is 1.61. The number of carboxylic acids is 1. The van der Waals surface area contributed by atoms with Crippen LogP contribution in [-0.4, -0.2) is 11.1 Å². The van der Waals surface area contributed by atoms with Crippen molar-refractivity contribution in [2.75, 3.05) is 0 Å². The Morgan fingerprint density at radius 1 is 1.35 bits per heavy atom. The number of hydrogen-bond acceptors (Lipinski definition) is 2. The Kier molecular flexibility index (Phi) is 4.98. The lowest BCUT2D eigenvalue weighted by molar-refractivity contribution is 0.0691. The molecule has 104 valence electrons. The summed E-state index contributed by atoms with van der Waals surface area (Å²) in [5.41, 5.74) is 0.698. The van der Waals surface area contributed by atoms with Crippen LogP contribution in [0.2, 0.25) is 0 Å². The van der Waals surface area contributed by atoms with Crippen LogP contribution < -0.4 is 4.74 Å². The lowest BCUT2D eigenvalue weighted by Crippen LogP contribution is -2.04. The van der Waals surface area contributed by atoms with Gasteiger partial charge < -0.3 is 9.84 Å². The predicted octanol–water partition coefficient (Wildman–Crippen LogP) is 4.47. The molecule has 0 aliphatic rings. The largest absolute Gasteiger partial charge is 0.488 e. The normalized spacial score (nSPS) is 10.3. The molecule has 0 saturated carbocycles. The number of rotatable bonds is 4. The van der Waals surface area contributed by atoms with Gasteiger partial charge in [-0.25, -0.2) is 9.18 Å². The van der Waals surface area contributed by atoms with Crippen LogP contribution in [0, 0.1) is 9.39 Å². The van der Waals surface area contributed by atoms with Gasteiger partial charge in [0.2, 0.25) is 0 Å². The maximum atomic E-state index is 13.4. The summed E-state index contributed by atoms with van der Waals surface area (Å²) in [6.07, 6.45) is 0. The Balaban J connectivity index is 2.23. The molecule has 20 heavy (non-hydrogen) atoms. The monoisotopic (exact) mass is 450 g/mol. The molecule has 0 unspecified atom stereocenters. The maximum absolute atomic E-state index is 13.4. The van der Waals surface area contributed by atoms with Crippen molar-refractivity contribution in [3.8, 4) is 5.75 Å². The molecular weight excluding hydrogens is 442 g/mol. The summed E-state index contributed by atoms with van der Waals surface area (Å²) in [4.78, 5) is 11.2. The fraction of sp³-hybridized carbons (Fsp3) is 0.0714. The minimum atomic E-state index is -1.06. The number of aromatic carboxylic acids is 1. The Bertz CT molecular complexity index is 661. The fourth-order valence-corrected chi connectivity index (χ4v) is 2.48. The van der Waals surface area contributed by atoms with Crippen LogP contribution in [-0.2, 0) is 6.61 Å². The van der Waals surface area contributed by atoms with E-state index in [-0.39, 0.29) is 23.7 Å². The van der Waals surface area contributed by atoms with E-state index < -0.39 is 5.97 Å². The van der Waals surface area contributed by atoms with Crippen molar-refractivity contribution in [1.82, 2.24) is 0 Å². The van der Waals surface area contributed by atoms with Crippen LogP contribution in [0.25, 0.3) is 0 Å². The second kappa shape index (κ2) is 6.53. The lowest BCUT2D eigenvalue weighted by atomic mass is 10.2. The highest BCUT2D eigenvalue weighted by atomic mass is 127. The van der Waals surface area contributed by atoms with Crippen LogP contribution in [0.5, 0.6) is 5.75 Å². The van der Waals surface area contributed by atoms with Gasteiger partial charge in [0, 0.05) is 9.13 Å². The van der Waals surface area contributed by atoms with Gasteiger partial charge in [0.25, 0.3) is 0 Å². The molecule has 3 nitrogen and oxygen atoms in total. The molecule has 0 aromatic heterocycles. The zero-order valence-corrected chi connectivity index (χ0v) is 13.8. The number of benzene rings is 2. The summed E-state index contributed by atoms with van der Waals surface area (Å²) in [6, 6.07) is 9.49. The van der Waals surface area contributed by atoms with Gasteiger partial charge in [-0.3, -0.25) is 0 Å². The summed E-state index contributed by atoms with van der Waals surface area (Å²) in [5, 5.41) is 9.13. The third-order valence-corrected chi connectivity index (χ3v) is 4.15. The Labute approximate surface area is 137 Å². The summed E-state index contributed by atoms with van der Waals surface area (Å²) >= 11 is 5.17. The van der Waals surface area contributed by atoms with Crippen molar-refractivity contribution in [3.05, 3.63) is 61.4 Å². The first-order valence-corrected chi connectivity index (χ1v) is 7.44. The maximum Gasteiger partial charge on any atom is 0.339 e. The number of halogens is 3. The smallest absolute Gasteiger partial charge is 0.339 e. The summed E-state index contributed by atoms with van der Waals surface area (Å²) in [6.45, 7) is 0.0826. The highest BCUT2D eigenvalue weighted by Gasteiger charge is 2.13. The zero-order valence-electron chi connectivity index (χ0n) is 10.1. The van der Waals surface area contributed by atoms with E-state index in [0.717, 1.165) is 3.57 Å². The van der Waals surface area contributed by atoms with Gasteiger partial charge in [0.05, 0.1) is 4.47 Å². The van der Waals surface area contributed by atoms with Gasteiger partial charge in [-0.05, 0) is 62.8 Å². The van der Waals surface area contributed by atoms with Crippen LogP contribution in [0.3, 0.4) is 0 Å². The molecule has 0 aliphatic carbocycles. The topological polar surface area (TPSA) is 46.5 Å². The average molecular weight is 451 g/mol. The Morgan fingerprint density at radius 2 is 2.10 bits per heavy atom. The second-order valence-corrected chi connectivity index (χ2v) is 5.99. The molecule has 0 heterocycles. The first kappa shape index (κ1) is 15.2. The van der Waals surface area contributed by atoms with Crippen molar-refractivity contribution < 1.29 is 19.0 Å². The van der Waals surface area contributed by atoms with Gasteiger partial charge >= 0.3 is 5.97 Å². The molecule has 0 radical (unpaired) electrons. The molecule has 0 fully saturated rings. The SMILES string of the molecule is O=C(O)c1cc(I)ccc1OCc1cccc(F)c1Br. The summed E-state index contributed by atoms with van der Waals surface area (Å²) < 4.78 is 20.0. The summed E-state index contributed by atoms with van der Waals surface area (Å²) in [5.74, 6) is -1.18. The van der Waals surface area contributed by atoms with Gasteiger partial charge in [0.15, 0.2) is 0 Å². The standard InChI is InChI=1S/C14H9BrFIO3/c15-13-8(2-1-3-11(13)16)7-20-12-5-4-9(17)6-10(12)14(18)19/h1-6H,7H2,(H,18,19). The van der Waals surface area contributed by atoms with Gasteiger partial charge in [-0.15, -0.1) is 0 Å². The van der Waals surface area contributed by atoms with Crippen LogP contribution >= 0.6 is 38.5 Å². The van der Waals surface area contributed by atoms with E-state index in [0.29, 0.717) is 10.0 Å². The molecule has 1 N–H and O–H groups in total. The van der Waals surface area contributed by atoms with Crippen molar-refractivity contribution in [2.24, 2.45) is 0 Å². The molecule has 0 saturated heterocycles. The molecule has 2 rings (SSSR count). The van der Waals surface area contributed by atoms with Crippen molar-refractivity contribution in [1.29, 1.82) is 0 Å². The van der Waals surface area contributed by atoms with E-state index >= 15 is 0 Å². The first-order chi connectivity index (χ1) is 9.49. The van der Waals surface area contributed by atoms with Gasteiger partial charge in [-0.1, -0.05) is 12.1 Å². The highest BCUT2D eigenvalue weighted by molar-refractivity contribution is 14.1. The average Bonchev–Trinajstić information content (AvgIpc) is 2.41. The predicted molar refractivity (Wildman–Crippen MR) is 84.6 cm³/mol. The van der Waals surface area contributed by atoms with Gasteiger partial charge in [0.1, 0.15) is 23.7 Å². The van der Waals surface area contributed by atoms with E-state index in [1.807, 2.05) is 22.6 Å². The highest BCUT2D eigenvalue weighted by Crippen LogP contribution is 2.25. The second-order valence-electron chi connectivity index (χ2n) is 3.95. The van der Waals surface area contributed by atoms with E-state index in [1.165, 1.54) is 12.1 Å². The molecule has 0 atom stereocenters. The number of hydrogen-bond donors (Lipinski definition) is 1. The van der Waals surface area contributed by atoms with E-state index in [9.17, 15) is 9.18 Å². The van der Waals surface area contributed by atoms with Crippen molar-refractivity contribution in [3.63, 3.8) is 0 Å². The van der Waals surface area contributed by atoms with Crippen LogP contribution in [0.15, 0.2) is 40.9 Å². The molecule has 0 spiro atoms. The molecule has 0 aliphatic heterocycles. The third-order valence-electron chi connectivity index (χ3n) is 2.59. The Hall–Kier alpha value is -1.15. The van der Waals surface area contributed by atoms with Gasteiger partial charge in [-0.2, -0.15) is 0 Å². The minimum Gasteiger partial charge on any atom is -0.488 e. The quantitative estimate of drug-likeness (QED) is 0.699. The first-order valence-electron chi connectivity index (χ1n) is 5.57. The van der Waals surface area contributed by atoms with Crippen molar-refractivity contribution >= 4 is 44.5 Å². The number of carboxylic acid groups (broad SMARTS) is 1. The lowest BCUT2D eigenvalue weighted by Gasteiger charge is -2.11. The zero-order chi connectivity index (χ0) is 14.7. The molecule has 2 aromatic carbocycles. The van der Waals surface area contributed by atoms with E-state index in [4.69, 9.17) is 9.84 Å². The third kappa shape index (κ3) is 3.49. The van der Waals surface area contributed by atoms with E-state index in [2.05, 4.69) is 15.9 Å². The van der Waals surface area contributed by atoms with Crippen LogP contribution in [0.4, 0.5) is 4.39 Å². The number of carbonyl (C=O) groups is 1. The number of ether oxygens (including phenoxy) is 1. The molecule has 0 amide bonds. The Morgan fingerprint density at radius 3 is 2.80 bits per heavy atom. The molecule has 6 heteroatoms. The minimum absolute atomic E-state index is 0.0826. The molecular formula is C14H9BrFIO3. The van der Waals surface area contributed by atoms with E-state index in [1.54, 1.807) is 24.3 Å².